The highest BCUT2D eigenvalue weighted by Crippen LogP contribution is 2.51. The normalized spacial score (nSPS) is 16.9. The zero-order chi connectivity index (χ0) is 16.5. The summed E-state index contributed by atoms with van der Waals surface area (Å²) in [5, 5.41) is 0. The predicted octanol–water partition coefficient (Wildman–Crippen LogP) is 0.642. The Kier molecular flexibility index (Phi) is 2.37. The molecule has 0 saturated carbocycles. The monoisotopic (exact) mass is 332 g/mol. The van der Waals surface area contributed by atoms with E-state index in [1.54, 1.807) is 12.1 Å². The van der Waals surface area contributed by atoms with Crippen molar-refractivity contribution in [2.45, 2.75) is 0 Å². The molecule has 1 heterocycles. The minimum atomic E-state index is -4.40. The minimum absolute atomic E-state index is 0.129. The highest BCUT2D eigenvalue weighted by Gasteiger charge is 2.43. The first kappa shape index (κ1) is 13.6. The van der Waals surface area contributed by atoms with Gasteiger partial charge in [0.2, 0.25) is 11.5 Å². The lowest BCUT2D eigenvalue weighted by Gasteiger charge is -2.20. The maximum atomic E-state index is 12.7. The molecule has 0 unspecified atom stereocenters. The van der Waals surface area contributed by atoms with Crippen molar-refractivity contribution in [3.63, 3.8) is 0 Å². The van der Waals surface area contributed by atoms with Crippen LogP contribution in [0, 0.1) is 0 Å². The first-order valence-corrected chi connectivity index (χ1v) is 7.72. The summed E-state index contributed by atoms with van der Waals surface area (Å²) in [5.41, 5.74) is 11.0. The molecule has 0 bridgehead atoms. The van der Waals surface area contributed by atoms with Gasteiger partial charge in [0, 0.05) is 11.1 Å². The Balaban J connectivity index is 2.13. The summed E-state index contributed by atoms with van der Waals surface area (Å²) >= 11 is 0. The van der Waals surface area contributed by atoms with Gasteiger partial charge in [0.25, 0.3) is 0 Å². The van der Waals surface area contributed by atoms with Crippen LogP contribution in [0.15, 0.2) is 24.3 Å². The topological polar surface area (TPSA) is 139 Å². The maximum Gasteiger partial charge on any atom is 0.501 e. The van der Waals surface area contributed by atoms with E-state index in [1.165, 1.54) is 12.1 Å². The van der Waals surface area contributed by atoms with Crippen LogP contribution >= 0.6 is 0 Å². The second kappa shape index (κ2) is 4.02. The van der Waals surface area contributed by atoms with Crippen LogP contribution in [0.2, 0.25) is 0 Å². The van der Waals surface area contributed by atoms with Crippen LogP contribution < -0.4 is 19.8 Å². The quantitative estimate of drug-likeness (QED) is 0.452. The lowest BCUT2D eigenvalue weighted by atomic mass is 9.82. The Morgan fingerprint density at radius 2 is 1.30 bits per heavy atom. The van der Waals surface area contributed by atoms with Gasteiger partial charge in [0.05, 0.1) is 16.8 Å². The molecule has 0 radical (unpaired) electrons. The van der Waals surface area contributed by atoms with E-state index >= 15 is 0 Å². The van der Waals surface area contributed by atoms with Crippen LogP contribution in [0.1, 0.15) is 31.8 Å². The predicted molar refractivity (Wildman–Crippen MR) is 78.7 cm³/mol. The van der Waals surface area contributed by atoms with Crippen LogP contribution in [0.4, 0.5) is 11.4 Å². The molecule has 8 nitrogen and oxygen atoms in total. The largest absolute Gasteiger partial charge is 0.501 e. The first-order chi connectivity index (χ1) is 10.8. The molecule has 4 N–H and O–H groups in total. The molecule has 9 heteroatoms. The zero-order valence-corrected chi connectivity index (χ0v) is 12.1. The Bertz CT molecular complexity index is 1040. The van der Waals surface area contributed by atoms with Crippen LogP contribution in [0.5, 0.6) is 11.5 Å². The van der Waals surface area contributed by atoms with E-state index in [0.29, 0.717) is 0 Å². The summed E-state index contributed by atoms with van der Waals surface area (Å²) < 4.78 is 32.4. The van der Waals surface area contributed by atoms with Crippen molar-refractivity contribution in [1.82, 2.24) is 0 Å². The van der Waals surface area contributed by atoms with E-state index < -0.39 is 27.7 Å². The second-order valence-corrected chi connectivity index (χ2v) is 6.16. The van der Waals surface area contributed by atoms with E-state index in [1.807, 2.05) is 0 Å². The van der Waals surface area contributed by atoms with Gasteiger partial charge in [-0.3, -0.25) is 9.59 Å². The van der Waals surface area contributed by atoms with Crippen LogP contribution in [0.3, 0.4) is 0 Å². The third kappa shape index (κ3) is 1.62. The minimum Gasteiger partial charge on any atom is -0.396 e. The van der Waals surface area contributed by atoms with Crippen molar-refractivity contribution in [2.75, 3.05) is 11.5 Å². The fraction of sp³-hybridized carbons (Fsp3) is 0. The maximum absolute atomic E-state index is 12.7. The Morgan fingerprint density at radius 3 is 1.91 bits per heavy atom. The average Bonchev–Trinajstić information content (AvgIpc) is 2.84. The van der Waals surface area contributed by atoms with Gasteiger partial charge in [-0.2, -0.15) is 0 Å². The number of nitrogens with two attached hydrogens (primary N) is 2. The summed E-state index contributed by atoms with van der Waals surface area (Å²) in [5.74, 6) is -1.89. The molecule has 1 aliphatic carbocycles. The fourth-order valence-corrected chi connectivity index (χ4v) is 3.49. The van der Waals surface area contributed by atoms with E-state index in [0.717, 1.165) is 0 Å². The third-order valence-corrected chi connectivity index (χ3v) is 4.47. The molecule has 2 aromatic carbocycles. The number of carbonyl (C=O) groups excluding carboxylic acids is 2. The van der Waals surface area contributed by atoms with Gasteiger partial charge in [0.15, 0.2) is 11.6 Å². The molecule has 2 aliphatic rings. The van der Waals surface area contributed by atoms with Gasteiger partial charge in [-0.05, 0) is 0 Å². The summed E-state index contributed by atoms with van der Waals surface area (Å²) in [4.78, 5) is 25.4. The lowest BCUT2D eigenvalue weighted by Crippen LogP contribution is -2.23. The van der Waals surface area contributed by atoms with Crippen LogP contribution in [-0.2, 0) is 10.4 Å². The number of benzene rings is 2. The number of hydrogen-bond acceptors (Lipinski definition) is 8. The SMILES string of the molecule is Nc1c(N)c2c(c3c1OS(=O)(=O)O3)C(=O)c1ccccc1C2=O. The molecule has 116 valence electrons. The fourth-order valence-electron chi connectivity index (χ4n) is 2.73. The van der Waals surface area contributed by atoms with E-state index in [9.17, 15) is 18.0 Å². The zero-order valence-electron chi connectivity index (χ0n) is 11.3. The van der Waals surface area contributed by atoms with Crippen LogP contribution in [-0.4, -0.2) is 20.0 Å². The standard InChI is InChI=1S/C14H8N2O6S/c15-9-7-8(13-14(10(9)16)22-23(19,20)21-13)12(18)6-4-2-1-3-5(6)11(7)17/h1-4H,15-16H2. The van der Waals surface area contributed by atoms with Gasteiger partial charge in [-0.25, -0.2) is 0 Å². The number of hydrogen-bond donors (Lipinski definition) is 2. The van der Waals surface area contributed by atoms with Crippen molar-refractivity contribution in [3.05, 3.63) is 46.5 Å². The van der Waals surface area contributed by atoms with Gasteiger partial charge in [-0.1, -0.05) is 24.3 Å². The van der Waals surface area contributed by atoms with Crippen molar-refractivity contribution in [3.8, 4) is 11.5 Å². The van der Waals surface area contributed by atoms with Gasteiger partial charge in [-0.15, -0.1) is 8.42 Å². The molecule has 0 spiro atoms. The Hall–Kier alpha value is -3.07. The molecular weight excluding hydrogens is 324 g/mol. The molecule has 23 heavy (non-hydrogen) atoms. The summed E-state index contributed by atoms with van der Waals surface area (Å²) in [6, 6.07) is 6.13. The smallest absolute Gasteiger partial charge is 0.396 e. The Labute approximate surface area is 129 Å². The number of ketones is 2. The molecule has 0 atom stereocenters. The van der Waals surface area contributed by atoms with Crippen molar-refractivity contribution in [2.24, 2.45) is 0 Å². The molecule has 2 aromatic rings. The van der Waals surface area contributed by atoms with E-state index in [4.69, 9.17) is 15.7 Å². The van der Waals surface area contributed by atoms with E-state index in [2.05, 4.69) is 4.18 Å². The molecule has 0 amide bonds. The second-order valence-electron chi connectivity index (χ2n) is 5.01. The van der Waals surface area contributed by atoms with Gasteiger partial charge >= 0.3 is 10.4 Å². The van der Waals surface area contributed by atoms with Crippen molar-refractivity contribution < 1.29 is 26.4 Å². The summed E-state index contributed by atoms with van der Waals surface area (Å²) in [6.45, 7) is 0. The highest BCUT2D eigenvalue weighted by atomic mass is 32.3. The third-order valence-electron chi connectivity index (χ3n) is 3.73. The number of nitrogen functional groups attached to an aromatic ring is 2. The average molecular weight is 332 g/mol. The number of carbonyl (C=O) groups is 2. The number of rotatable bonds is 0. The molecule has 0 aromatic heterocycles. The molecule has 4 rings (SSSR count). The van der Waals surface area contributed by atoms with Crippen molar-refractivity contribution >= 4 is 33.3 Å². The number of fused-ring (bicyclic) bond motifs is 4. The Morgan fingerprint density at radius 1 is 0.783 bits per heavy atom. The van der Waals surface area contributed by atoms with Crippen LogP contribution in [0.25, 0.3) is 0 Å². The molecule has 0 fully saturated rings. The van der Waals surface area contributed by atoms with Gasteiger partial charge in [0.1, 0.15) is 5.69 Å². The van der Waals surface area contributed by atoms with Crippen molar-refractivity contribution in [1.29, 1.82) is 0 Å². The summed E-state index contributed by atoms with van der Waals surface area (Å²) in [6.07, 6.45) is 0. The van der Waals surface area contributed by atoms with Gasteiger partial charge < -0.3 is 19.8 Å². The summed E-state index contributed by atoms with van der Waals surface area (Å²) in [7, 11) is -4.40. The molecule has 1 aliphatic heterocycles. The highest BCUT2D eigenvalue weighted by molar-refractivity contribution is 7.82. The molecule has 0 saturated heterocycles. The number of anilines is 2. The van der Waals surface area contributed by atoms with E-state index in [-0.39, 0.29) is 39.4 Å². The molecular formula is C14H8N2O6S. The first-order valence-electron chi connectivity index (χ1n) is 6.39. The lowest BCUT2D eigenvalue weighted by molar-refractivity contribution is 0.0978.